The number of rotatable bonds is 8. The fourth-order valence-electron chi connectivity index (χ4n) is 1.95. The average Bonchev–Trinajstić information content (AvgIpc) is 2.45. The van der Waals surface area contributed by atoms with Gasteiger partial charge in [0.15, 0.2) is 0 Å². The van der Waals surface area contributed by atoms with Crippen molar-refractivity contribution >= 4 is 5.91 Å². The van der Waals surface area contributed by atoms with Gasteiger partial charge in [0.2, 0.25) is 5.91 Å². The highest BCUT2D eigenvalue weighted by Crippen LogP contribution is 2.12. The molecule has 1 aromatic carbocycles. The molecule has 2 N–H and O–H groups in total. The number of nitrogens with two attached hydrogens (primary N) is 1. The first-order chi connectivity index (χ1) is 9.56. The smallest absolute Gasteiger partial charge is 0.222 e. The van der Waals surface area contributed by atoms with E-state index < -0.39 is 0 Å². The number of ether oxygens (including phenoxy) is 2. The van der Waals surface area contributed by atoms with Crippen LogP contribution in [0.5, 0.6) is 5.75 Å². The van der Waals surface area contributed by atoms with Crippen molar-refractivity contribution in [1.29, 1.82) is 0 Å². The molecule has 1 unspecified atom stereocenters. The second-order valence-corrected chi connectivity index (χ2v) is 4.84. The Morgan fingerprint density at radius 1 is 1.30 bits per heavy atom. The summed E-state index contributed by atoms with van der Waals surface area (Å²) in [6.45, 7) is 0.964. The summed E-state index contributed by atoms with van der Waals surface area (Å²) < 4.78 is 10.1. The number of likely N-dealkylation sites (N-methyl/N-ethyl adjacent to an activating group) is 1. The molecule has 5 heteroatoms. The molecule has 20 heavy (non-hydrogen) atoms. The van der Waals surface area contributed by atoms with Crippen molar-refractivity contribution in [2.75, 3.05) is 34.4 Å². The highest BCUT2D eigenvalue weighted by atomic mass is 16.5. The largest absolute Gasteiger partial charge is 0.497 e. The molecule has 112 valence electrons. The summed E-state index contributed by atoms with van der Waals surface area (Å²) in [4.78, 5) is 13.6. The van der Waals surface area contributed by atoms with E-state index in [4.69, 9.17) is 15.2 Å². The first-order valence-corrected chi connectivity index (χ1v) is 6.68. The highest BCUT2D eigenvalue weighted by Gasteiger charge is 2.12. The average molecular weight is 280 g/mol. The summed E-state index contributed by atoms with van der Waals surface area (Å²) in [6, 6.07) is 7.61. The Bertz CT molecular complexity index is 406. The zero-order valence-corrected chi connectivity index (χ0v) is 12.5. The quantitative estimate of drug-likeness (QED) is 0.773. The van der Waals surface area contributed by atoms with Crippen LogP contribution in [0, 0.1) is 0 Å². The maximum absolute atomic E-state index is 12.0. The van der Waals surface area contributed by atoms with Crippen LogP contribution < -0.4 is 10.5 Å². The van der Waals surface area contributed by atoms with Crippen molar-refractivity contribution in [2.24, 2.45) is 5.73 Å². The number of benzene rings is 1. The Labute approximate surface area is 120 Å². The van der Waals surface area contributed by atoms with Crippen LogP contribution in [0.3, 0.4) is 0 Å². The number of hydrogen-bond acceptors (Lipinski definition) is 4. The van der Waals surface area contributed by atoms with Gasteiger partial charge >= 0.3 is 0 Å². The van der Waals surface area contributed by atoms with Crippen molar-refractivity contribution in [3.05, 3.63) is 29.8 Å². The molecule has 1 aromatic rings. The molecule has 0 aliphatic heterocycles. The Morgan fingerprint density at radius 3 is 2.50 bits per heavy atom. The Balaban J connectivity index is 2.37. The lowest BCUT2D eigenvalue weighted by Gasteiger charge is -2.21. The highest BCUT2D eigenvalue weighted by molar-refractivity contribution is 5.76. The Morgan fingerprint density at radius 2 is 1.95 bits per heavy atom. The monoisotopic (exact) mass is 280 g/mol. The number of carbonyl (C=O) groups is 1. The van der Waals surface area contributed by atoms with Gasteiger partial charge in [-0.2, -0.15) is 0 Å². The van der Waals surface area contributed by atoms with Crippen LogP contribution in [0.1, 0.15) is 12.0 Å². The zero-order valence-electron chi connectivity index (χ0n) is 12.5. The van der Waals surface area contributed by atoms with Crippen molar-refractivity contribution in [1.82, 2.24) is 4.90 Å². The molecule has 1 atom stereocenters. The molecule has 0 heterocycles. The van der Waals surface area contributed by atoms with Gasteiger partial charge in [0.1, 0.15) is 5.75 Å². The first-order valence-electron chi connectivity index (χ1n) is 6.68. The van der Waals surface area contributed by atoms with E-state index in [1.807, 2.05) is 24.3 Å². The molecular formula is C15H24N2O3. The van der Waals surface area contributed by atoms with Crippen molar-refractivity contribution in [3.63, 3.8) is 0 Å². The van der Waals surface area contributed by atoms with E-state index in [1.165, 1.54) is 0 Å². The maximum Gasteiger partial charge on any atom is 0.222 e. The number of nitrogens with zero attached hydrogens (tertiary/aromatic N) is 1. The van der Waals surface area contributed by atoms with Crippen LogP contribution >= 0.6 is 0 Å². The number of methoxy groups -OCH3 is 2. The minimum absolute atomic E-state index is 0.0902. The van der Waals surface area contributed by atoms with E-state index >= 15 is 0 Å². The fraction of sp³-hybridized carbons (Fsp3) is 0.533. The van der Waals surface area contributed by atoms with E-state index in [2.05, 4.69) is 0 Å². The maximum atomic E-state index is 12.0. The summed E-state index contributed by atoms with van der Waals surface area (Å²) in [7, 11) is 5.01. The molecule has 5 nitrogen and oxygen atoms in total. The minimum atomic E-state index is -0.144. The lowest BCUT2D eigenvalue weighted by atomic mass is 10.1. The Hall–Kier alpha value is -1.59. The van der Waals surface area contributed by atoms with Gasteiger partial charge in [0, 0.05) is 33.2 Å². The van der Waals surface area contributed by atoms with Gasteiger partial charge in [-0.3, -0.25) is 4.79 Å². The fourth-order valence-corrected chi connectivity index (χ4v) is 1.95. The van der Waals surface area contributed by atoms with E-state index in [1.54, 1.807) is 26.2 Å². The molecule has 0 radical (unpaired) electrons. The molecule has 0 aliphatic rings. The predicted molar refractivity (Wildman–Crippen MR) is 78.8 cm³/mol. The van der Waals surface area contributed by atoms with Crippen LogP contribution in [-0.2, 0) is 16.0 Å². The number of carbonyl (C=O) groups excluding carboxylic acids is 1. The van der Waals surface area contributed by atoms with Gasteiger partial charge in [-0.25, -0.2) is 0 Å². The van der Waals surface area contributed by atoms with Crippen LogP contribution in [0.2, 0.25) is 0 Å². The molecule has 0 aliphatic carbocycles. The van der Waals surface area contributed by atoms with Gasteiger partial charge in [-0.1, -0.05) is 12.1 Å². The molecule has 0 aromatic heterocycles. The van der Waals surface area contributed by atoms with Crippen LogP contribution in [0.15, 0.2) is 24.3 Å². The van der Waals surface area contributed by atoms with Gasteiger partial charge in [0.05, 0.1) is 13.7 Å². The van der Waals surface area contributed by atoms with Crippen molar-refractivity contribution in [2.45, 2.75) is 18.9 Å². The molecule has 0 saturated carbocycles. The van der Waals surface area contributed by atoms with Gasteiger partial charge in [0.25, 0.3) is 0 Å². The van der Waals surface area contributed by atoms with E-state index in [0.717, 1.165) is 11.3 Å². The number of hydrogen-bond donors (Lipinski definition) is 1. The van der Waals surface area contributed by atoms with E-state index in [0.29, 0.717) is 26.0 Å². The molecule has 0 saturated heterocycles. The summed E-state index contributed by atoms with van der Waals surface area (Å²) in [5.41, 5.74) is 6.95. The minimum Gasteiger partial charge on any atom is -0.497 e. The molecular weight excluding hydrogens is 256 g/mol. The first kappa shape index (κ1) is 16.5. The summed E-state index contributed by atoms with van der Waals surface area (Å²) in [5, 5.41) is 0. The Kier molecular flexibility index (Phi) is 7.04. The third-order valence-electron chi connectivity index (χ3n) is 3.10. The van der Waals surface area contributed by atoms with Gasteiger partial charge < -0.3 is 20.1 Å². The van der Waals surface area contributed by atoms with Gasteiger partial charge in [-0.15, -0.1) is 0 Å². The lowest BCUT2D eigenvalue weighted by Crippen LogP contribution is -2.41. The molecule has 1 amide bonds. The summed E-state index contributed by atoms with van der Waals surface area (Å²) >= 11 is 0. The molecule has 0 fully saturated rings. The topological polar surface area (TPSA) is 64.8 Å². The van der Waals surface area contributed by atoms with Crippen molar-refractivity contribution < 1.29 is 14.3 Å². The number of amides is 1. The molecule has 1 rings (SSSR count). The lowest BCUT2D eigenvalue weighted by molar-refractivity contribution is -0.130. The zero-order chi connectivity index (χ0) is 15.0. The third-order valence-corrected chi connectivity index (χ3v) is 3.10. The summed E-state index contributed by atoms with van der Waals surface area (Å²) in [6.07, 6.45) is 1.19. The molecule has 0 bridgehead atoms. The second-order valence-electron chi connectivity index (χ2n) is 4.84. The normalized spacial score (nSPS) is 12.0. The van der Waals surface area contributed by atoms with Crippen LogP contribution in [0.25, 0.3) is 0 Å². The van der Waals surface area contributed by atoms with Gasteiger partial charge in [-0.05, 0) is 24.1 Å². The SMILES string of the molecule is COCC(N)CN(C)C(=O)CCc1ccc(OC)cc1. The second kappa shape index (κ2) is 8.55. The third kappa shape index (κ3) is 5.59. The predicted octanol–water partition coefficient (Wildman–Crippen LogP) is 1.06. The van der Waals surface area contributed by atoms with Crippen LogP contribution in [0.4, 0.5) is 0 Å². The van der Waals surface area contributed by atoms with Crippen LogP contribution in [-0.4, -0.2) is 51.3 Å². The van der Waals surface area contributed by atoms with E-state index in [-0.39, 0.29) is 11.9 Å². The molecule has 0 spiro atoms. The van der Waals surface area contributed by atoms with Crippen molar-refractivity contribution in [3.8, 4) is 5.75 Å². The standard InChI is InChI=1S/C15H24N2O3/c1-17(10-13(16)11-19-2)15(18)9-6-12-4-7-14(20-3)8-5-12/h4-5,7-8,13H,6,9-11,16H2,1-3H3. The van der Waals surface area contributed by atoms with E-state index in [9.17, 15) is 4.79 Å². The number of aryl methyl sites for hydroxylation is 1. The summed E-state index contributed by atoms with van der Waals surface area (Å²) in [5.74, 6) is 0.912.